The van der Waals surface area contributed by atoms with Gasteiger partial charge in [0.05, 0.1) is 17.6 Å². The zero-order valence-corrected chi connectivity index (χ0v) is 24.4. The minimum Gasteiger partial charge on any atom is -0.479 e. The van der Waals surface area contributed by atoms with Crippen molar-refractivity contribution in [3.05, 3.63) is 59.4 Å². The molecule has 2 atom stereocenters. The van der Waals surface area contributed by atoms with Gasteiger partial charge < -0.3 is 25.6 Å². The zero-order chi connectivity index (χ0) is 33.1. The Hall–Kier alpha value is -4.56. The summed E-state index contributed by atoms with van der Waals surface area (Å²) in [5.41, 5.74) is -0.235. The van der Waals surface area contributed by atoms with Gasteiger partial charge in [-0.25, -0.2) is 13.2 Å². The number of ether oxygens (including phenoxy) is 1. The lowest BCUT2D eigenvalue weighted by Crippen LogP contribution is -2.49. The highest BCUT2D eigenvalue weighted by Gasteiger charge is 2.29. The van der Waals surface area contributed by atoms with E-state index in [2.05, 4.69) is 16.0 Å². The van der Waals surface area contributed by atoms with Gasteiger partial charge in [-0.2, -0.15) is 8.78 Å². The Balaban J connectivity index is 2.16. The molecule has 0 saturated heterocycles. The second-order valence-electron chi connectivity index (χ2n) is 10.4. The van der Waals surface area contributed by atoms with Crippen molar-refractivity contribution in [3.8, 4) is 5.75 Å². The maximum absolute atomic E-state index is 14.0. The van der Waals surface area contributed by atoms with Crippen LogP contribution in [-0.2, 0) is 24.0 Å². The molecule has 44 heavy (non-hydrogen) atoms. The maximum Gasteiger partial charge on any atom is 0.313 e. The lowest BCUT2D eigenvalue weighted by atomic mass is 9.95. The second kappa shape index (κ2) is 16.3. The molecule has 15 heteroatoms. The topological polar surface area (TPSA) is 134 Å². The van der Waals surface area contributed by atoms with Gasteiger partial charge in [0.15, 0.2) is 23.2 Å². The molecule has 2 aromatic rings. The van der Waals surface area contributed by atoms with Crippen molar-refractivity contribution < 1.29 is 50.7 Å². The van der Waals surface area contributed by atoms with Crippen molar-refractivity contribution in [2.75, 3.05) is 32.6 Å². The van der Waals surface area contributed by atoms with Gasteiger partial charge in [-0.05, 0) is 30.9 Å². The minimum absolute atomic E-state index is 0.0353. The number of carbonyl (C=O) groups is 5. The average molecular weight is 629 g/mol. The molecule has 2 rings (SSSR count). The molecule has 0 radical (unpaired) electrons. The second-order valence-corrected chi connectivity index (χ2v) is 10.4. The first-order valence-corrected chi connectivity index (χ1v) is 13.4. The first kappa shape index (κ1) is 35.6. The van der Waals surface area contributed by atoms with E-state index >= 15 is 0 Å². The van der Waals surface area contributed by atoms with Crippen LogP contribution in [0.1, 0.15) is 33.1 Å². The Kier molecular flexibility index (Phi) is 13.2. The molecular formula is C29H33F5N4O6. The van der Waals surface area contributed by atoms with Crippen molar-refractivity contribution in [3.63, 3.8) is 0 Å². The number of anilines is 1. The number of nitrogens with zero attached hydrogens (tertiary/aromatic N) is 1. The summed E-state index contributed by atoms with van der Waals surface area (Å²) in [6, 6.07) is 3.66. The quantitative estimate of drug-likeness (QED) is 0.167. The van der Waals surface area contributed by atoms with E-state index in [1.807, 2.05) is 0 Å². The van der Waals surface area contributed by atoms with E-state index in [9.17, 15) is 45.9 Å². The average Bonchev–Trinajstić information content (AvgIpc) is 2.96. The largest absolute Gasteiger partial charge is 0.479 e. The molecule has 0 unspecified atom stereocenters. The van der Waals surface area contributed by atoms with E-state index in [1.165, 1.54) is 37.2 Å². The number of nitrogens with one attached hydrogen (secondary N) is 3. The molecule has 0 bridgehead atoms. The molecular weight excluding hydrogens is 595 g/mol. The lowest BCUT2D eigenvalue weighted by Gasteiger charge is -2.24. The summed E-state index contributed by atoms with van der Waals surface area (Å²) in [7, 11) is 2.91. The van der Waals surface area contributed by atoms with Crippen LogP contribution in [0, 0.1) is 40.9 Å². The predicted molar refractivity (Wildman–Crippen MR) is 148 cm³/mol. The number of amides is 4. The summed E-state index contributed by atoms with van der Waals surface area (Å²) < 4.78 is 73.6. The number of para-hydroxylation sites is 1. The van der Waals surface area contributed by atoms with Crippen LogP contribution in [0.15, 0.2) is 30.3 Å². The molecule has 0 fully saturated rings. The fraction of sp³-hybridized carbons (Fsp3) is 0.414. The number of benzene rings is 2. The molecule has 10 nitrogen and oxygen atoms in total. The van der Waals surface area contributed by atoms with Gasteiger partial charge in [-0.1, -0.05) is 26.0 Å². The number of hydrogen-bond acceptors (Lipinski definition) is 6. The van der Waals surface area contributed by atoms with Crippen molar-refractivity contribution in [1.82, 2.24) is 15.5 Å². The van der Waals surface area contributed by atoms with Crippen LogP contribution in [0.5, 0.6) is 5.75 Å². The third-order valence-corrected chi connectivity index (χ3v) is 6.25. The molecule has 0 saturated carbocycles. The van der Waals surface area contributed by atoms with Gasteiger partial charge in [0, 0.05) is 33.1 Å². The van der Waals surface area contributed by atoms with E-state index in [0.29, 0.717) is 0 Å². The minimum atomic E-state index is -1.87. The Morgan fingerprint density at radius 1 is 0.886 bits per heavy atom. The van der Waals surface area contributed by atoms with E-state index in [1.54, 1.807) is 13.8 Å². The number of carbonyl (C=O) groups excluding carboxylic acids is 5. The smallest absolute Gasteiger partial charge is 0.313 e. The zero-order valence-electron chi connectivity index (χ0n) is 24.4. The molecule has 0 aliphatic heterocycles. The van der Waals surface area contributed by atoms with Crippen molar-refractivity contribution in [2.24, 2.45) is 11.8 Å². The van der Waals surface area contributed by atoms with Crippen LogP contribution in [-0.4, -0.2) is 67.6 Å². The van der Waals surface area contributed by atoms with Crippen molar-refractivity contribution in [2.45, 2.75) is 39.2 Å². The lowest BCUT2D eigenvalue weighted by molar-refractivity contribution is -0.137. The maximum atomic E-state index is 14.0. The summed E-state index contributed by atoms with van der Waals surface area (Å²) in [5, 5.41) is 6.82. The molecule has 2 aromatic carbocycles. The molecule has 0 heterocycles. The summed E-state index contributed by atoms with van der Waals surface area (Å²) in [6.07, 6.45) is -0.365. The monoisotopic (exact) mass is 628 g/mol. The number of rotatable bonds is 14. The van der Waals surface area contributed by atoms with E-state index in [-0.39, 0.29) is 43.5 Å². The fourth-order valence-corrected chi connectivity index (χ4v) is 3.91. The van der Waals surface area contributed by atoms with Crippen LogP contribution in [0.4, 0.5) is 27.6 Å². The predicted octanol–water partition coefficient (Wildman–Crippen LogP) is 3.10. The summed E-state index contributed by atoms with van der Waals surface area (Å²) in [6.45, 7) is 2.03. The number of hydrogen-bond donors (Lipinski definition) is 3. The van der Waals surface area contributed by atoms with E-state index in [4.69, 9.17) is 4.74 Å². The highest BCUT2D eigenvalue weighted by molar-refractivity contribution is 6.39. The van der Waals surface area contributed by atoms with Crippen LogP contribution in [0.2, 0.25) is 0 Å². The molecule has 240 valence electrons. The van der Waals surface area contributed by atoms with Gasteiger partial charge in [0.2, 0.25) is 23.4 Å². The van der Waals surface area contributed by atoms with Gasteiger partial charge in [-0.15, -0.1) is 0 Å². The van der Waals surface area contributed by atoms with Gasteiger partial charge in [-0.3, -0.25) is 24.0 Å². The Morgan fingerprint density at radius 3 is 2.07 bits per heavy atom. The fourth-order valence-electron chi connectivity index (χ4n) is 3.91. The number of halogens is 5. The van der Waals surface area contributed by atoms with Crippen LogP contribution in [0.25, 0.3) is 0 Å². The van der Waals surface area contributed by atoms with Crippen molar-refractivity contribution >= 4 is 35.1 Å². The normalized spacial score (nSPS) is 12.2. The molecule has 3 N–H and O–H groups in total. The Morgan fingerprint density at radius 2 is 1.50 bits per heavy atom. The highest BCUT2D eigenvalue weighted by Crippen LogP contribution is 2.26. The SMILES string of the molecule is CC(C)C[C@H](CNC(=O)C(=O)Nc1ccccc1F)C(=O)N[C@@H](CCC(=O)N(C)C)C(=O)COc1c(F)c(F)cc(F)c1F. The van der Waals surface area contributed by atoms with Crippen LogP contribution in [0.3, 0.4) is 0 Å². The third-order valence-electron chi connectivity index (χ3n) is 6.25. The number of ketones is 1. The standard InChI is InChI=1S/C29H33F5N4O6/c1-15(2)11-16(13-35-28(42)29(43)36-20-8-6-5-7-17(20)30)27(41)37-21(9-10-23(40)38(3)4)22(39)14-44-26-24(33)18(31)12-19(32)25(26)34/h5-8,12,15-16,21H,9-11,13-14H2,1-4H3,(H,35,42)(H,36,43)(H,37,41)/t16-,21+/m1/s1. The van der Waals surface area contributed by atoms with Crippen LogP contribution >= 0.6 is 0 Å². The number of Topliss-reactive ketones (excluding diaryl/α,β-unsaturated/α-hetero) is 1. The molecule has 0 aliphatic carbocycles. The Labute approximate surface area is 250 Å². The van der Waals surface area contributed by atoms with E-state index < -0.39 is 82.8 Å². The molecule has 0 spiro atoms. The molecule has 4 amide bonds. The first-order valence-electron chi connectivity index (χ1n) is 13.4. The van der Waals surface area contributed by atoms with Crippen molar-refractivity contribution in [1.29, 1.82) is 0 Å². The third kappa shape index (κ3) is 10.3. The van der Waals surface area contributed by atoms with Crippen LogP contribution < -0.4 is 20.7 Å². The molecule has 0 aromatic heterocycles. The first-order chi connectivity index (χ1) is 20.6. The summed E-state index contributed by atoms with van der Waals surface area (Å²) in [4.78, 5) is 64.2. The van der Waals surface area contributed by atoms with Gasteiger partial charge in [0.1, 0.15) is 12.4 Å². The summed E-state index contributed by atoms with van der Waals surface area (Å²) in [5.74, 6) is -15.2. The highest BCUT2D eigenvalue weighted by atomic mass is 19.2. The van der Waals surface area contributed by atoms with E-state index in [0.717, 1.165) is 6.07 Å². The van der Waals surface area contributed by atoms with Gasteiger partial charge >= 0.3 is 11.8 Å². The molecule has 0 aliphatic rings. The summed E-state index contributed by atoms with van der Waals surface area (Å²) >= 11 is 0. The van der Waals surface area contributed by atoms with Gasteiger partial charge in [0.25, 0.3) is 0 Å². The Bertz CT molecular complexity index is 1360.